The van der Waals surface area contributed by atoms with E-state index >= 15 is 0 Å². The third-order valence-corrected chi connectivity index (χ3v) is 3.59. The van der Waals surface area contributed by atoms with E-state index in [2.05, 4.69) is 32.0 Å². The van der Waals surface area contributed by atoms with Crippen LogP contribution in [-0.2, 0) is 10.5 Å². The van der Waals surface area contributed by atoms with Gasteiger partial charge in [-0.1, -0.05) is 42.3 Å². The maximum atomic E-state index is 10.8. The Labute approximate surface area is 113 Å². The molecule has 0 aliphatic carbocycles. The van der Waals surface area contributed by atoms with Crippen molar-refractivity contribution in [2.24, 2.45) is 0 Å². The maximum Gasteiger partial charge on any atom is 0.331 e. The quantitative estimate of drug-likeness (QED) is 0.624. The van der Waals surface area contributed by atoms with Gasteiger partial charge in [-0.05, 0) is 25.8 Å². The Balaban J connectivity index is 2.49. The first-order valence-corrected chi connectivity index (χ1v) is 7.25. The van der Waals surface area contributed by atoms with Gasteiger partial charge in [0.25, 0.3) is 0 Å². The highest BCUT2D eigenvalue weighted by molar-refractivity contribution is 7.98. The van der Waals surface area contributed by atoms with Gasteiger partial charge >= 0.3 is 5.97 Å². The summed E-state index contributed by atoms with van der Waals surface area (Å²) >= 11 is 1.75. The molecule has 1 rings (SSSR count). The molecular formula is C15H20O2S. The summed E-state index contributed by atoms with van der Waals surface area (Å²) in [5.74, 6) is 0.877. The topological polar surface area (TPSA) is 37.3 Å². The van der Waals surface area contributed by atoms with E-state index in [0.29, 0.717) is 12.0 Å². The first-order valence-electron chi connectivity index (χ1n) is 6.10. The van der Waals surface area contributed by atoms with Gasteiger partial charge in [-0.2, -0.15) is 11.8 Å². The summed E-state index contributed by atoms with van der Waals surface area (Å²) in [6, 6.07) is 6.52. The smallest absolute Gasteiger partial charge is 0.331 e. The van der Waals surface area contributed by atoms with Crippen LogP contribution in [0.3, 0.4) is 0 Å². The lowest BCUT2D eigenvalue weighted by molar-refractivity contribution is -0.132. The van der Waals surface area contributed by atoms with Gasteiger partial charge in [0.1, 0.15) is 0 Å². The molecule has 0 amide bonds. The molecule has 0 atom stereocenters. The number of carbonyl (C=O) groups is 1. The minimum atomic E-state index is -0.801. The van der Waals surface area contributed by atoms with E-state index in [4.69, 9.17) is 5.11 Å². The molecule has 1 aromatic carbocycles. The second-order valence-electron chi connectivity index (χ2n) is 4.40. The number of carboxylic acids is 1. The summed E-state index contributed by atoms with van der Waals surface area (Å²) in [4.78, 5) is 10.8. The molecule has 0 aliphatic rings. The van der Waals surface area contributed by atoms with Gasteiger partial charge in [0, 0.05) is 17.1 Å². The number of aliphatic carboxylic acids is 1. The van der Waals surface area contributed by atoms with Gasteiger partial charge in [-0.15, -0.1) is 0 Å². The number of benzene rings is 1. The summed E-state index contributed by atoms with van der Waals surface area (Å²) in [7, 11) is 0. The molecule has 0 saturated heterocycles. The molecule has 0 fully saturated rings. The molecular weight excluding hydrogens is 244 g/mol. The fourth-order valence-corrected chi connectivity index (χ4v) is 2.71. The van der Waals surface area contributed by atoms with Crippen LogP contribution >= 0.6 is 11.8 Å². The number of thioether (sulfide) groups is 1. The van der Waals surface area contributed by atoms with Gasteiger partial charge in [-0.25, -0.2) is 4.79 Å². The van der Waals surface area contributed by atoms with Crippen LogP contribution in [0, 0.1) is 13.8 Å². The molecule has 0 heterocycles. The van der Waals surface area contributed by atoms with Crippen molar-refractivity contribution < 1.29 is 9.90 Å². The van der Waals surface area contributed by atoms with E-state index < -0.39 is 5.97 Å². The van der Waals surface area contributed by atoms with E-state index in [1.54, 1.807) is 11.8 Å². The molecule has 0 radical (unpaired) electrons. The Kier molecular flexibility index (Phi) is 5.99. The first-order chi connectivity index (χ1) is 8.52. The van der Waals surface area contributed by atoms with Gasteiger partial charge in [0.05, 0.1) is 0 Å². The summed E-state index contributed by atoms with van der Waals surface area (Å²) < 4.78 is 0. The second kappa shape index (κ2) is 7.27. The molecule has 1 aromatic rings. The lowest BCUT2D eigenvalue weighted by Gasteiger charge is -2.04. The van der Waals surface area contributed by atoms with Crippen LogP contribution < -0.4 is 0 Å². The van der Waals surface area contributed by atoms with Crippen molar-refractivity contribution in [1.29, 1.82) is 0 Å². The molecule has 0 unspecified atom stereocenters. The maximum absolute atomic E-state index is 10.8. The first kappa shape index (κ1) is 14.8. The van der Waals surface area contributed by atoms with E-state index in [1.807, 2.05) is 13.0 Å². The number of carboxylic acid groups (broad SMARTS) is 1. The minimum absolute atomic E-state index is 0.503. The number of hydrogen-bond donors (Lipinski definition) is 1. The Hall–Kier alpha value is -1.22. The molecule has 0 spiro atoms. The Morgan fingerprint density at radius 3 is 2.39 bits per heavy atom. The second-order valence-corrected chi connectivity index (χ2v) is 5.43. The zero-order chi connectivity index (χ0) is 13.5. The van der Waals surface area contributed by atoms with Crippen LogP contribution in [0.4, 0.5) is 0 Å². The van der Waals surface area contributed by atoms with Crippen LogP contribution in [0.2, 0.25) is 0 Å². The van der Waals surface area contributed by atoms with Gasteiger partial charge in [0.15, 0.2) is 0 Å². The number of aryl methyl sites for hydroxylation is 2. The molecule has 0 aromatic heterocycles. The molecule has 0 bridgehead atoms. The van der Waals surface area contributed by atoms with Crippen molar-refractivity contribution in [2.75, 3.05) is 5.75 Å². The molecule has 1 N–H and O–H groups in total. The minimum Gasteiger partial charge on any atom is -0.478 e. The third kappa shape index (κ3) is 4.96. The lowest BCUT2D eigenvalue weighted by Crippen LogP contribution is -1.99. The van der Waals surface area contributed by atoms with Crippen molar-refractivity contribution in [3.8, 4) is 0 Å². The van der Waals surface area contributed by atoms with E-state index in [-0.39, 0.29) is 0 Å². The fraction of sp³-hybridized carbons (Fsp3) is 0.400. The summed E-state index contributed by atoms with van der Waals surface area (Å²) in [6.07, 6.45) is 2.40. The van der Waals surface area contributed by atoms with Crippen LogP contribution in [0.25, 0.3) is 0 Å². The average Bonchev–Trinajstić information content (AvgIpc) is 2.27. The van der Waals surface area contributed by atoms with Gasteiger partial charge < -0.3 is 5.11 Å². The summed E-state index contributed by atoms with van der Waals surface area (Å²) in [6.45, 7) is 6.07. The zero-order valence-electron chi connectivity index (χ0n) is 11.2. The molecule has 0 saturated carbocycles. The monoisotopic (exact) mass is 264 g/mol. The SMILES string of the molecule is CCC(=CCSCc1cc(C)cc(C)c1)C(=O)O. The predicted octanol–water partition coefficient (Wildman–Crippen LogP) is 3.96. The fourth-order valence-electron chi connectivity index (χ4n) is 1.87. The number of rotatable bonds is 6. The summed E-state index contributed by atoms with van der Waals surface area (Å²) in [5, 5.41) is 8.88. The Bertz CT molecular complexity index is 430. The van der Waals surface area contributed by atoms with Crippen LogP contribution in [0.1, 0.15) is 30.0 Å². The Morgan fingerprint density at radius 2 is 1.89 bits per heavy atom. The van der Waals surface area contributed by atoms with E-state index in [0.717, 1.165) is 11.5 Å². The normalized spacial score (nSPS) is 11.6. The van der Waals surface area contributed by atoms with Gasteiger partial charge in [0.2, 0.25) is 0 Å². The van der Waals surface area contributed by atoms with Crippen LogP contribution in [0.5, 0.6) is 0 Å². The van der Waals surface area contributed by atoms with E-state index in [1.165, 1.54) is 16.7 Å². The van der Waals surface area contributed by atoms with Crippen molar-refractivity contribution in [3.05, 3.63) is 46.5 Å². The Morgan fingerprint density at radius 1 is 1.28 bits per heavy atom. The highest BCUT2D eigenvalue weighted by Gasteiger charge is 2.03. The largest absolute Gasteiger partial charge is 0.478 e. The van der Waals surface area contributed by atoms with Crippen molar-refractivity contribution >= 4 is 17.7 Å². The molecule has 98 valence electrons. The molecule has 2 nitrogen and oxygen atoms in total. The number of hydrogen-bond acceptors (Lipinski definition) is 2. The van der Waals surface area contributed by atoms with E-state index in [9.17, 15) is 4.79 Å². The standard InChI is InChI=1S/C15H20O2S/c1-4-14(15(16)17)5-6-18-10-13-8-11(2)7-12(3)9-13/h5,7-9H,4,6,10H2,1-3H3,(H,16,17). The van der Waals surface area contributed by atoms with Crippen molar-refractivity contribution in [1.82, 2.24) is 0 Å². The lowest BCUT2D eigenvalue weighted by atomic mass is 10.1. The molecule has 3 heteroatoms. The summed E-state index contributed by atoms with van der Waals surface area (Å²) in [5.41, 5.74) is 4.36. The highest BCUT2D eigenvalue weighted by atomic mass is 32.2. The molecule has 0 aliphatic heterocycles. The van der Waals surface area contributed by atoms with Crippen LogP contribution in [-0.4, -0.2) is 16.8 Å². The van der Waals surface area contributed by atoms with Gasteiger partial charge in [-0.3, -0.25) is 0 Å². The van der Waals surface area contributed by atoms with Crippen LogP contribution in [0.15, 0.2) is 29.8 Å². The highest BCUT2D eigenvalue weighted by Crippen LogP contribution is 2.16. The predicted molar refractivity (Wildman–Crippen MR) is 78.1 cm³/mol. The molecule has 18 heavy (non-hydrogen) atoms. The third-order valence-electron chi connectivity index (χ3n) is 2.65. The average molecular weight is 264 g/mol. The zero-order valence-corrected chi connectivity index (χ0v) is 12.0. The van der Waals surface area contributed by atoms with Crippen molar-refractivity contribution in [2.45, 2.75) is 32.9 Å². The van der Waals surface area contributed by atoms with Crippen molar-refractivity contribution in [3.63, 3.8) is 0 Å².